The molecule has 133 valence electrons. The van der Waals surface area contributed by atoms with Gasteiger partial charge >= 0.3 is 445 Å². The molecule has 0 heterocycles. The summed E-state index contributed by atoms with van der Waals surface area (Å²) in [6, 6.07) is 0. The van der Waals surface area contributed by atoms with Gasteiger partial charge in [0.25, 0.3) is 0 Å². The summed E-state index contributed by atoms with van der Waals surface area (Å²) in [6.45, 7) is 57.0. The number of hydrogen-bond donors (Lipinski definition) is 0. The van der Waals surface area contributed by atoms with E-state index >= 15 is 0 Å². The second-order valence-corrected chi connectivity index (χ2v) is 0. The van der Waals surface area contributed by atoms with Crippen LogP contribution in [-0.2, 0) is 34.1 Å². The second kappa shape index (κ2) is 1020. The normalized spacial score (nSPS) is 0.706. The van der Waals surface area contributed by atoms with Crippen LogP contribution in [0.5, 0.6) is 0 Å². The molecular weight excluding hydrogens is 737 g/mol. The molecule has 0 bridgehead atoms. The fourth-order valence-corrected chi connectivity index (χ4v) is 0. The fraction of sp³-hybridized carbons (Fsp3) is 0. The maximum absolute atomic E-state index is 6.25. The van der Waals surface area contributed by atoms with Crippen LogP contribution in [0.15, 0.2) is 0 Å². The largest absolute Gasteiger partial charge is 3.00 e. The molecule has 0 saturated heterocycles. The van der Waals surface area contributed by atoms with Gasteiger partial charge in [-0.1, -0.05) is 0 Å². The molecule has 0 aromatic carbocycles. The van der Waals surface area contributed by atoms with Crippen molar-refractivity contribution in [3.63, 3.8) is 0 Å². The third kappa shape index (κ3) is 949. The fourth-order valence-electron chi connectivity index (χ4n) is 0. The van der Waals surface area contributed by atoms with E-state index in [4.69, 9.17) is 142 Å². The third-order valence-corrected chi connectivity index (χ3v) is 0. The van der Waals surface area contributed by atoms with Crippen LogP contribution in [0.2, 0.25) is 0 Å². The summed E-state index contributed by atoms with van der Waals surface area (Å²) in [5.41, 5.74) is 0. The van der Waals surface area contributed by atoms with Crippen LogP contribution in [0.25, 0.3) is 0 Å². The summed E-state index contributed by atoms with van der Waals surface area (Å²) in [7, 11) is 0. The maximum Gasteiger partial charge on any atom is 3.00 e. The van der Waals surface area contributed by atoms with E-state index in [1.165, 1.54) is 0 Å². The van der Waals surface area contributed by atoms with Crippen LogP contribution in [0.1, 0.15) is 1.43 Å². The van der Waals surface area contributed by atoms with E-state index in [2.05, 4.69) is 0 Å². The molecular formula is C12HFe2K8N12. The molecule has 0 saturated carbocycles. The summed E-state index contributed by atoms with van der Waals surface area (Å²) >= 11 is 0. The summed E-state index contributed by atoms with van der Waals surface area (Å²) < 4.78 is 0. The average molecular weight is 738 g/mol. The van der Waals surface area contributed by atoms with Crippen molar-refractivity contribution >= 4 is 0 Å². The standard InChI is InChI=1S/12CN.2Fe.8K.H/c12*1-2;;;;;;;;;;;/q12*-1;+2;+3;8*+1;-1. The second-order valence-electron chi connectivity index (χ2n) is 0. The monoisotopic (exact) mass is 737 g/mol. The molecule has 12 nitrogen and oxygen atoms in total. The Morgan fingerprint density at radius 2 is 0.206 bits per heavy atom. The molecule has 0 atom stereocenters. The molecule has 0 rings (SSSR count). The zero-order valence-electron chi connectivity index (χ0n) is 21.1. The van der Waals surface area contributed by atoms with E-state index in [0.29, 0.717) is 0 Å². The maximum atomic E-state index is 6.25. The van der Waals surface area contributed by atoms with E-state index in [1.54, 1.807) is 0 Å². The van der Waals surface area contributed by atoms with Crippen LogP contribution in [0.3, 0.4) is 0 Å². The Hall–Kier alpha value is 8.01. The zero-order valence-corrected chi connectivity index (χ0v) is 47.3. The van der Waals surface area contributed by atoms with E-state index < -0.39 is 0 Å². The molecule has 0 spiro atoms. The Labute approximate surface area is 569 Å². The molecule has 1 radical (unpaired) electrons. The minimum atomic E-state index is 0. The van der Waals surface area contributed by atoms with Gasteiger partial charge in [0.2, 0.25) is 0 Å². The molecule has 0 fully saturated rings. The zero-order chi connectivity index (χ0) is 24.0. The molecule has 0 aliphatic heterocycles. The predicted molar refractivity (Wildman–Crippen MR) is 60.7 cm³/mol. The first kappa shape index (κ1) is 176. The van der Waals surface area contributed by atoms with Crippen molar-refractivity contribution in [1.29, 1.82) is 63.1 Å². The smallest absolute Gasteiger partial charge is 1.00 e. The third-order valence-electron chi connectivity index (χ3n) is 0. The first-order valence-corrected chi connectivity index (χ1v) is 2.68. The molecule has 34 heavy (non-hydrogen) atoms. The van der Waals surface area contributed by atoms with Gasteiger partial charge in [-0.25, -0.2) is 0 Å². The molecule has 0 aliphatic rings. The number of rotatable bonds is 0. The van der Waals surface area contributed by atoms with Crippen LogP contribution in [-0.4, -0.2) is 0 Å². The van der Waals surface area contributed by atoms with Crippen molar-refractivity contribution in [3.8, 4) is 0 Å². The van der Waals surface area contributed by atoms with Crippen LogP contribution in [0, 0.1) is 142 Å². The van der Waals surface area contributed by atoms with Crippen LogP contribution < -0.4 is 411 Å². The van der Waals surface area contributed by atoms with Crippen LogP contribution in [0.4, 0.5) is 0 Å². The quantitative estimate of drug-likeness (QED) is 0.165. The van der Waals surface area contributed by atoms with E-state index in [9.17, 15) is 0 Å². The molecule has 0 unspecified atom stereocenters. The molecule has 0 amide bonds. The predicted octanol–water partition coefficient (Wildman–Crippen LogP) is -22.7. The number of nitrogens with zero attached hydrogens (tertiary/aromatic N) is 12. The van der Waals surface area contributed by atoms with Gasteiger partial charge in [-0.05, 0) is 0 Å². The van der Waals surface area contributed by atoms with E-state index in [1.807, 2.05) is 0 Å². The Morgan fingerprint density at radius 1 is 0.206 bits per heavy atom. The van der Waals surface area contributed by atoms with Crippen molar-refractivity contribution in [2.75, 3.05) is 0 Å². The van der Waals surface area contributed by atoms with Crippen molar-refractivity contribution in [2.45, 2.75) is 0 Å². The van der Waals surface area contributed by atoms with Crippen molar-refractivity contribution in [2.24, 2.45) is 0 Å². The summed E-state index contributed by atoms with van der Waals surface area (Å²) in [5.74, 6) is 0. The molecule has 0 aromatic heterocycles. The van der Waals surface area contributed by atoms with Crippen molar-refractivity contribution in [3.05, 3.63) is 78.9 Å². The minimum absolute atomic E-state index is 0. The first-order valence-electron chi connectivity index (χ1n) is 2.68. The summed E-state index contributed by atoms with van der Waals surface area (Å²) in [5, 5.41) is 75.0. The average Bonchev–Trinajstić information content (AvgIpc) is 2.84. The molecule has 0 N–H and O–H groups in total. The van der Waals surface area contributed by atoms with Gasteiger partial charge in [0.1, 0.15) is 0 Å². The molecule has 0 aromatic rings. The van der Waals surface area contributed by atoms with Crippen LogP contribution >= 0.6 is 0 Å². The minimum Gasteiger partial charge on any atom is -1.00 e. The Bertz CT molecular complexity index is 254. The van der Waals surface area contributed by atoms with E-state index in [0.717, 1.165) is 0 Å². The van der Waals surface area contributed by atoms with Gasteiger partial charge in [0.05, 0.1) is 0 Å². The van der Waals surface area contributed by atoms with Gasteiger partial charge in [0, 0.05) is 0 Å². The van der Waals surface area contributed by atoms with Gasteiger partial charge in [-0.3, -0.25) is 0 Å². The summed E-state index contributed by atoms with van der Waals surface area (Å²) in [6.07, 6.45) is 0. The Balaban J connectivity index is -0.00000000208. The summed E-state index contributed by atoms with van der Waals surface area (Å²) in [4.78, 5) is 0. The van der Waals surface area contributed by atoms with Gasteiger partial charge in [0.15, 0.2) is 0 Å². The topological polar surface area (TPSA) is 285 Å². The SMILES string of the molecule is [C-]#N.[C-]#N.[C-]#N.[C-]#N.[C-]#N.[C-]#N.[C-]#N.[C-]#N.[C-]#N.[C-]#N.[C-]#N.[C-]#N.[Fe+2].[Fe+3].[H-].[K+].[K+].[K+].[K+].[K+].[K+].[K+].[K+]. The Morgan fingerprint density at radius 3 is 0.206 bits per heavy atom. The van der Waals surface area contributed by atoms with Gasteiger partial charge in [-0.2, -0.15) is 0 Å². The molecule has 0 aliphatic carbocycles. The van der Waals surface area contributed by atoms with Gasteiger partial charge in [-0.15, -0.1) is 0 Å². The first-order chi connectivity index (χ1) is 12.0. The van der Waals surface area contributed by atoms with Crippen molar-refractivity contribution < 1.29 is 447 Å². The van der Waals surface area contributed by atoms with Gasteiger partial charge < -0.3 is 143 Å². The van der Waals surface area contributed by atoms with E-state index in [-0.39, 0.29) is 447 Å². The Kier molecular flexibility index (Phi) is 5310. The number of hydrogen-bond acceptors (Lipinski definition) is 12. The van der Waals surface area contributed by atoms with Crippen molar-refractivity contribution in [1.82, 2.24) is 0 Å². The molecule has 22 heteroatoms.